The first-order valence-corrected chi connectivity index (χ1v) is 10.3. The molecule has 1 saturated heterocycles. The number of aliphatic hydroxyl groups excluding tert-OH is 1. The second-order valence-corrected chi connectivity index (χ2v) is 7.82. The van der Waals surface area contributed by atoms with Crippen molar-refractivity contribution < 1.29 is 19.0 Å². The van der Waals surface area contributed by atoms with Crippen LogP contribution < -0.4 is 4.74 Å². The Balaban J connectivity index is 1.62. The van der Waals surface area contributed by atoms with Gasteiger partial charge < -0.3 is 14.7 Å². The molecule has 30 heavy (non-hydrogen) atoms. The summed E-state index contributed by atoms with van der Waals surface area (Å²) in [6, 6.07) is 13.1. The third-order valence-corrected chi connectivity index (χ3v) is 5.42. The summed E-state index contributed by atoms with van der Waals surface area (Å²) < 4.78 is 18.8. The third-order valence-electron chi connectivity index (χ3n) is 5.17. The van der Waals surface area contributed by atoms with Crippen molar-refractivity contribution in [1.29, 1.82) is 0 Å². The summed E-state index contributed by atoms with van der Waals surface area (Å²) in [7, 11) is 0. The van der Waals surface area contributed by atoms with Crippen LogP contribution in [0.1, 0.15) is 12.0 Å². The number of nitrogens with zero attached hydrogens (tertiary/aromatic N) is 2. The average Bonchev–Trinajstić information content (AvgIpc) is 2.75. The van der Waals surface area contributed by atoms with E-state index < -0.39 is 6.10 Å². The fraction of sp³-hybridized carbons (Fsp3) is 0.348. The monoisotopic (exact) mass is 432 g/mol. The van der Waals surface area contributed by atoms with Crippen LogP contribution >= 0.6 is 11.6 Å². The van der Waals surface area contributed by atoms with Crippen molar-refractivity contribution >= 4 is 17.5 Å². The van der Waals surface area contributed by atoms with Gasteiger partial charge in [0.05, 0.1) is 6.10 Å². The van der Waals surface area contributed by atoms with Gasteiger partial charge >= 0.3 is 0 Å². The Hall–Kier alpha value is -2.41. The van der Waals surface area contributed by atoms with Gasteiger partial charge in [-0.1, -0.05) is 29.8 Å². The molecule has 2 aromatic carbocycles. The second kappa shape index (κ2) is 10.6. The zero-order valence-corrected chi connectivity index (χ0v) is 17.5. The number of carbonyl (C=O) groups is 1. The molecule has 3 rings (SSSR count). The smallest absolute Gasteiger partial charge is 0.260 e. The predicted molar refractivity (Wildman–Crippen MR) is 115 cm³/mol. The molecule has 1 amide bonds. The van der Waals surface area contributed by atoms with Gasteiger partial charge in [-0.05, 0) is 48.4 Å². The first-order chi connectivity index (χ1) is 14.4. The molecule has 1 fully saturated rings. The highest BCUT2D eigenvalue weighted by Crippen LogP contribution is 2.20. The SMILES string of the molecule is C=CC(O)CC1CN(Cc2ccc(F)cc2)CCN1C(=O)COc1ccc(Cl)cc1. The number of rotatable bonds is 8. The topological polar surface area (TPSA) is 53.0 Å². The molecule has 1 N–H and O–H groups in total. The van der Waals surface area contributed by atoms with Crippen molar-refractivity contribution in [2.24, 2.45) is 0 Å². The molecule has 2 aromatic rings. The van der Waals surface area contributed by atoms with Crippen molar-refractivity contribution in [3.63, 3.8) is 0 Å². The zero-order chi connectivity index (χ0) is 21.5. The molecule has 0 saturated carbocycles. The highest BCUT2D eigenvalue weighted by molar-refractivity contribution is 6.30. The zero-order valence-electron chi connectivity index (χ0n) is 16.7. The average molecular weight is 433 g/mol. The van der Waals surface area contributed by atoms with E-state index in [4.69, 9.17) is 16.3 Å². The summed E-state index contributed by atoms with van der Waals surface area (Å²) in [6.45, 7) is 6.03. The first kappa shape index (κ1) is 22.3. The molecule has 0 bridgehead atoms. The molecule has 2 unspecified atom stereocenters. The molecule has 5 nitrogen and oxygen atoms in total. The number of benzene rings is 2. The Morgan fingerprint density at radius 2 is 1.93 bits per heavy atom. The summed E-state index contributed by atoms with van der Waals surface area (Å²) in [5, 5.41) is 10.7. The van der Waals surface area contributed by atoms with Crippen LogP contribution in [0, 0.1) is 5.82 Å². The minimum Gasteiger partial charge on any atom is -0.484 e. The van der Waals surface area contributed by atoms with Crippen molar-refractivity contribution in [3.05, 3.63) is 77.6 Å². The lowest BCUT2D eigenvalue weighted by atomic mass is 10.0. The van der Waals surface area contributed by atoms with E-state index in [-0.39, 0.29) is 24.4 Å². The van der Waals surface area contributed by atoms with Crippen molar-refractivity contribution in [3.8, 4) is 5.75 Å². The largest absolute Gasteiger partial charge is 0.484 e. The molecule has 0 aromatic heterocycles. The van der Waals surface area contributed by atoms with Crippen molar-refractivity contribution in [1.82, 2.24) is 9.80 Å². The number of hydrogen-bond acceptors (Lipinski definition) is 4. The molecule has 2 atom stereocenters. The maximum atomic E-state index is 13.2. The molecule has 160 valence electrons. The highest BCUT2D eigenvalue weighted by Gasteiger charge is 2.31. The Morgan fingerprint density at radius 3 is 2.60 bits per heavy atom. The van der Waals surface area contributed by atoms with Crippen LogP contribution in [0.3, 0.4) is 0 Å². The van der Waals surface area contributed by atoms with Crippen LogP contribution in [-0.4, -0.2) is 59.2 Å². The number of hydrogen-bond donors (Lipinski definition) is 1. The van der Waals surface area contributed by atoms with Gasteiger partial charge in [-0.25, -0.2) is 4.39 Å². The fourth-order valence-corrected chi connectivity index (χ4v) is 3.70. The van der Waals surface area contributed by atoms with Gasteiger partial charge in [0, 0.05) is 37.2 Å². The van der Waals surface area contributed by atoms with Gasteiger partial charge in [0.1, 0.15) is 11.6 Å². The van der Waals surface area contributed by atoms with Crippen LogP contribution in [0.2, 0.25) is 5.02 Å². The van der Waals surface area contributed by atoms with E-state index >= 15 is 0 Å². The van der Waals surface area contributed by atoms with Crippen LogP contribution in [0.25, 0.3) is 0 Å². The summed E-state index contributed by atoms with van der Waals surface area (Å²) in [6.07, 6.45) is 1.18. The van der Waals surface area contributed by atoms with E-state index in [1.165, 1.54) is 18.2 Å². The lowest BCUT2D eigenvalue weighted by Gasteiger charge is -2.42. The lowest BCUT2D eigenvalue weighted by Crippen LogP contribution is -2.56. The summed E-state index contributed by atoms with van der Waals surface area (Å²) in [4.78, 5) is 16.8. The van der Waals surface area contributed by atoms with E-state index in [1.54, 1.807) is 41.3 Å². The van der Waals surface area contributed by atoms with Gasteiger partial charge in [-0.2, -0.15) is 0 Å². The van der Waals surface area contributed by atoms with E-state index in [1.807, 2.05) is 0 Å². The molecule has 1 aliphatic rings. The predicted octanol–water partition coefficient (Wildman–Crippen LogP) is 3.51. The molecular formula is C23H26ClFN2O3. The maximum absolute atomic E-state index is 13.2. The number of aliphatic hydroxyl groups is 1. The molecule has 7 heteroatoms. The Labute approximate surface area is 181 Å². The molecular weight excluding hydrogens is 407 g/mol. The molecule has 1 heterocycles. The second-order valence-electron chi connectivity index (χ2n) is 7.38. The van der Waals surface area contributed by atoms with E-state index in [0.29, 0.717) is 43.4 Å². The maximum Gasteiger partial charge on any atom is 0.260 e. The molecule has 1 aliphatic heterocycles. The van der Waals surface area contributed by atoms with Crippen molar-refractivity contribution in [2.75, 3.05) is 26.2 Å². The lowest BCUT2D eigenvalue weighted by molar-refractivity contribution is -0.139. The quantitative estimate of drug-likeness (QED) is 0.648. The van der Waals surface area contributed by atoms with Crippen molar-refractivity contribution in [2.45, 2.75) is 25.1 Å². The van der Waals surface area contributed by atoms with Gasteiger partial charge in [0.2, 0.25) is 0 Å². The number of halogens is 2. The van der Waals surface area contributed by atoms with Crippen LogP contribution in [0.5, 0.6) is 5.75 Å². The number of piperazine rings is 1. The Bertz CT molecular complexity index is 845. The number of ether oxygens (including phenoxy) is 1. The van der Waals surface area contributed by atoms with Crippen LogP contribution in [0.15, 0.2) is 61.2 Å². The fourth-order valence-electron chi connectivity index (χ4n) is 3.58. The highest BCUT2D eigenvalue weighted by atomic mass is 35.5. The number of amides is 1. The molecule has 0 spiro atoms. The van der Waals surface area contributed by atoms with Gasteiger partial charge in [0.15, 0.2) is 6.61 Å². The van der Waals surface area contributed by atoms with E-state index in [2.05, 4.69) is 11.5 Å². The normalized spacial score (nSPS) is 18.1. The number of carbonyl (C=O) groups excluding carboxylic acids is 1. The molecule has 0 aliphatic carbocycles. The summed E-state index contributed by atoms with van der Waals surface area (Å²) in [5.41, 5.74) is 1.00. The minimum absolute atomic E-state index is 0.0831. The Kier molecular flexibility index (Phi) is 7.85. The summed E-state index contributed by atoms with van der Waals surface area (Å²) in [5.74, 6) is 0.180. The van der Waals surface area contributed by atoms with Gasteiger partial charge in [-0.15, -0.1) is 6.58 Å². The standard InChI is InChI=1S/C23H26ClFN2O3/c1-2-21(28)13-20-15-26(14-17-3-7-19(25)8-4-17)11-12-27(20)23(29)16-30-22-9-5-18(24)6-10-22/h2-10,20-21,28H,1,11-16H2. The van der Waals surface area contributed by atoms with Gasteiger partial charge in [-0.3, -0.25) is 9.69 Å². The third kappa shape index (κ3) is 6.29. The summed E-state index contributed by atoms with van der Waals surface area (Å²) >= 11 is 5.87. The van der Waals surface area contributed by atoms with Crippen LogP contribution in [0.4, 0.5) is 4.39 Å². The van der Waals surface area contributed by atoms with E-state index in [0.717, 1.165) is 5.56 Å². The van der Waals surface area contributed by atoms with Gasteiger partial charge in [0.25, 0.3) is 5.91 Å². The minimum atomic E-state index is -0.701. The van der Waals surface area contributed by atoms with E-state index in [9.17, 15) is 14.3 Å². The van der Waals surface area contributed by atoms with Crippen LogP contribution in [-0.2, 0) is 11.3 Å². The molecule has 0 radical (unpaired) electrons. The first-order valence-electron chi connectivity index (χ1n) is 9.90. The Morgan fingerprint density at radius 1 is 1.23 bits per heavy atom.